The van der Waals surface area contributed by atoms with E-state index in [4.69, 9.17) is 4.98 Å². The summed E-state index contributed by atoms with van der Waals surface area (Å²) in [4.78, 5) is 46.6. The lowest BCUT2D eigenvalue weighted by Crippen LogP contribution is -2.38. The molecule has 7 rings (SSSR count). The van der Waals surface area contributed by atoms with Crippen LogP contribution in [0.25, 0.3) is 22.0 Å². The molecular formula is C39H46N6O2. The Bertz CT molecular complexity index is 1870. The molecule has 2 saturated heterocycles. The van der Waals surface area contributed by atoms with Gasteiger partial charge in [-0.3, -0.25) is 9.59 Å². The molecule has 4 aromatic rings. The molecule has 1 aliphatic carbocycles. The van der Waals surface area contributed by atoms with Crippen LogP contribution in [0.3, 0.4) is 0 Å². The SMILES string of the molecule is CC(C)CC(=O)N1[C@H](C)[C@H](C)C[C@H]1c1ncc(C#Cc2ccc3cc(-c4cnc([C@@H]5C[C@H]6C[C@H]6N5C(=O)CC(C)C)[nH]4)ccc3c2)[nH]1. The maximum Gasteiger partial charge on any atom is 0.223 e. The molecule has 2 aromatic heterocycles. The summed E-state index contributed by atoms with van der Waals surface area (Å²) in [7, 11) is 0. The lowest BCUT2D eigenvalue weighted by Gasteiger charge is -2.29. The average Bonchev–Trinajstić information content (AvgIpc) is 3.46. The van der Waals surface area contributed by atoms with Crippen molar-refractivity contribution >= 4 is 22.6 Å². The smallest absolute Gasteiger partial charge is 0.223 e. The number of carbonyl (C=O) groups excluding carboxylic acids is 2. The van der Waals surface area contributed by atoms with E-state index in [-0.39, 0.29) is 29.9 Å². The monoisotopic (exact) mass is 630 g/mol. The molecule has 1 saturated carbocycles. The number of hydrogen-bond donors (Lipinski definition) is 2. The standard InChI is InChI=1S/C39H46N6O2/c1-22(2)13-36(46)44-25(6)24(5)15-34(44)38-40-20-31(42-38)12-8-26-7-9-28-17-29(11-10-27(28)16-26)32-21-41-39(43-32)35-19-30-18-33(30)45(35)37(47)14-23(3)4/h7,9-11,16-17,20-25,30,33-35H,13-15,18-19H2,1-6H3,(H,40,42)(H,41,43)/t24-,25-,30-,33-,34+,35+/m1/s1. The topological polar surface area (TPSA) is 98.0 Å². The van der Waals surface area contributed by atoms with Crippen LogP contribution in [0, 0.1) is 35.5 Å². The number of rotatable bonds is 7. The quantitative estimate of drug-likeness (QED) is 0.208. The van der Waals surface area contributed by atoms with Crippen molar-refractivity contribution < 1.29 is 9.59 Å². The second kappa shape index (κ2) is 12.3. The van der Waals surface area contributed by atoms with E-state index in [2.05, 4.69) is 104 Å². The molecule has 6 atom stereocenters. The van der Waals surface area contributed by atoms with Crippen molar-refractivity contribution in [2.45, 2.75) is 97.8 Å². The Morgan fingerprint density at radius 3 is 2.23 bits per heavy atom. The summed E-state index contributed by atoms with van der Waals surface area (Å²) in [5.74, 6) is 10.4. The number of nitrogens with zero attached hydrogens (tertiary/aromatic N) is 4. The second-order valence-corrected chi connectivity index (χ2v) is 15.0. The lowest BCUT2D eigenvalue weighted by atomic mass is 10.0. The average molecular weight is 631 g/mol. The Labute approximate surface area is 277 Å². The van der Waals surface area contributed by atoms with E-state index < -0.39 is 0 Å². The van der Waals surface area contributed by atoms with Crippen LogP contribution in [0.15, 0.2) is 48.8 Å². The van der Waals surface area contributed by atoms with Crippen molar-refractivity contribution in [2.75, 3.05) is 0 Å². The van der Waals surface area contributed by atoms with Crippen LogP contribution in [0.5, 0.6) is 0 Å². The van der Waals surface area contributed by atoms with Crippen LogP contribution in [-0.4, -0.2) is 53.6 Å². The molecule has 8 nitrogen and oxygen atoms in total. The van der Waals surface area contributed by atoms with Gasteiger partial charge in [-0.15, -0.1) is 0 Å². The highest BCUT2D eigenvalue weighted by molar-refractivity contribution is 5.88. The summed E-state index contributed by atoms with van der Waals surface area (Å²) < 4.78 is 0. The summed E-state index contributed by atoms with van der Waals surface area (Å²) in [6.45, 7) is 12.7. The van der Waals surface area contributed by atoms with Gasteiger partial charge in [-0.05, 0) is 84.7 Å². The summed E-state index contributed by atoms with van der Waals surface area (Å²) in [6.07, 6.45) is 7.85. The molecule has 3 fully saturated rings. The molecule has 2 N–H and O–H groups in total. The first kappa shape index (κ1) is 31.2. The molecule has 2 amide bonds. The van der Waals surface area contributed by atoms with E-state index >= 15 is 0 Å². The Morgan fingerprint density at radius 2 is 1.47 bits per heavy atom. The van der Waals surface area contributed by atoms with Gasteiger partial charge in [0.25, 0.3) is 0 Å². The van der Waals surface area contributed by atoms with E-state index in [1.165, 1.54) is 0 Å². The van der Waals surface area contributed by atoms with Crippen LogP contribution in [0.4, 0.5) is 0 Å². The fourth-order valence-electron chi connectivity index (χ4n) is 7.69. The van der Waals surface area contributed by atoms with Gasteiger partial charge in [0.2, 0.25) is 11.8 Å². The molecule has 2 aromatic carbocycles. The highest BCUT2D eigenvalue weighted by atomic mass is 16.2. The fourth-order valence-corrected chi connectivity index (χ4v) is 7.69. The molecule has 0 spiro atoms. The van der Waals surface area contributed by atoms with E-state index in [1.54, 1.807) is 6.20 Å². The first-order chi connectivity index (χ1) is 22.5. The van der Waals surface area contributed by atoms with Crippen LogP contribution in [-0.2, 0) is 9.59 Å². The highest BCUT2D eigenvalue weighted by Crippen LogP contribution is 2.53. The third-order valence-corrected chi connectivity index (χ3v) is 10.4. The number of amides is 2. The largest absolute Gasteiger partial charge is 0.340 e. The first-order valence-electron chi connectivity index (χ1n) is 17.3. The van der Waals surface area contributed by atoms with Gasteiger partial charge in [0, 0.05) is 36.1 Å². The third kappa shape index (κ3) is 6.20. The van der Waals surface area contributed by atoms with Crippen LogP contribution in [0.1, 0.15) is 109 Å². The van der Waals surface area contributed by atoms with Gasteiger partial charge >= 0.3 is 0 Å². The molecular weight excluding hydrogens is 584 g/mol. The number of imidazole rings is 2. The maximum absolute atomic E-state index is 13.1. The number of likely N-dealkylation sites (tertiary alicyclic amines) is 2. The van der Waals surface area contributed by atoms with E-state index in [0.29, 0.717) is 42.6 Å². The van der Waals surface area contributed by atoms with Gasteiger partial charge in [0.05, 0.1) is 30.2 Å². The summed E-state index contributed by atoms with van der Waals surface area (Å²) in [5, 5.41) is 2.24. The predicted octanol–water partition coefficient (Wildman–Crippen LogP) is 7.40. The second-order valence-electron chi connectivity index (χ2n) is 15.0. The number of hydrogen-bond acceptors (Lipinski definition) is 4. The third-order valence-electron chi connectivity index (χ3n) is 10.4. The Hall–Kier alpha value is -4.38. The normalized spacial score (nSPS) is 25.0. The van der Waals surface area contributed by atoms with Crippen molar-refractivity contribution in [1.29, 1.82) is 0 Å². The van der Waals surface area contributed by atoms with Gasteiger partial charge in [-0.1, -0.05) is 58.7 Å². The number of aromatic amines is 2. The molecule has 3 aliphatic rings. The molecule has 4 heterocycles. The molecule has 244 valence electrons. The van der Waals surface area contributed by atoms with E-state index in [9.17, 15) is 9.59 Å². The molecule has 47 heavy (non-hydrogen) atoms. The maximum atomic E-state index is 13.1. The molecule has 0 radical (unpaired) electrons. The fraction of sp³-hybridized carbons (Fsp3) is 0.487. The number of fused-ring (bicyclic) bond motifs is 2. The summed E-state index contributed by atoms with van der Waals surface area (Å²) in [6, 6.07) is 13.3. The van der Waals surface area contributed by atoms with Crippen molar-refractivity contribution in [3.63, 3.8) is 0 Å². The van der Waals surface area contributed by atoms with Gasteiger partial charge in [-0.25, -0.2) is 9.97 Å². The lowest BCUT2D eigenvalue weighted by molar-refractivity contribution is -0.135. The van der Waals surface area contributed by atoms with Crippen molar-refractivity contribution in [3.8, 4) is 23.1 Å². The minimum absolute atomic E-state index is 0.0438. The highest BCUT2D eigenvalue weighted by Gasteiger charge is 2.54. The van der Waals surface area contributed by atoms with Crippen LogP contribution >= 0.6 is 0 Å². The molecule has 0 bridgehead atoms. The van der Waals surface area contributed by atoms with Crippen molar-refractivity contribution in [3.05, 3.63) is 71.7 Å². The number of H-pyrrole nitrogens is 2. The number of nitrogens with one attached hydrogen (secondary N) is 2. The van der Waals surface area contributed by atoms with E-state index in [0.717, 1.165) is 64.2 Å². The summed E-state index contributed by atoms with van der Waals surface area (Å²) >= 11 is 0. The van der Waals surface area contributed by atoms with Gasteiger partial charge in [-0.2, -0.15) is 0 Å². The van der Waals surface area contributed by atoms with Crippen LogP contribution in [0.2, 0.25) is 0 Å². The van der Waals surface area contributed by atoms with Crippen molar-refractivity contribution in [1.82, 2.24) is 29.7 Å². The van der Waals surface area contributed by atoms with Crippen LogP contribution < -0.4 is 0 Å². The molecule has 2 aliphatic heterocycles. The number of benzene rings is 2. The Morgan fingerprint density at radius 1 is 0.809 bits per heavy atom. The molecule has 0 unspecified atom stereocenters. The van der Waals surface area contributed by atoms with E-state index in [1.807, 2.05) is 17.2 Å². The number of aromatic nitrogens is 4. The van der Waals surface area contributed by atoms with Gasteiger partial charge in [0.1, 0.15) is 17.3 Å². The zero-order valence-electron chi connectivity index (χ0n) is 28.4. The van der Waals surface area contributed by atoms with Gasteiger partial charge < -0.3 is 19.8 Å². The number of carbonyl (C=O) groups is 2. The number of piperidine rings is 1. The Kier molecular flexibility index (Phi) is 8.20. The zero-order chi connectivity index (χ0) is 33.0. The first-order valence-corrected chi connectivity index (χ1v) is 17.3. The predicted molar refractivity (Wildman–Crippen MR) is 184 cm³/mol. The minimum atomic E-state index is -0.0438. The Balaban J connectivity index is 1.05. The zero-order valence-corrected chi connectivity index (χ0v) is 28.4. The molecule has 8 heteroatoms. The van der Waals surface area contributed by atoms with Crippen molar-refractivity contribution in [2.24, 2.45) is 23.7 Å². The minimum Gasteiger partial charge on any atom is -0.340 e. The van der Waals surface area contributed by atoms with Gasteiger partial charge in [0.15, 0.2) is 0 Å². The summed E-state index contributed by atoms with van der Waals surface area (Å²) in [5.41, 5.74) is 3.71.